The molecule has 2 aliphatic rings. The van der Waals surface area contributed by atoms with Gasteiger partial charge in [-0.05, 0) is 80.3 Å². The van der Waals surface area contributed by atoms with E-state index in [1.54, 1.807) is 32.1 Å². The van der Waals surface area contributed by atoms with Crippen LogP contribution >= 0.6 is 11.3 Å². The molecule has 1 N–H and O–H groups in total. The number of amides is 2. The van der Waals surface area contributed by atoms with Crippen LogP contribution in [0.5, 0.6) is 0 Å². The van der Waals surface area contributed by atoms with E-state index in [2.05, 4.69) is 11.4 Å². The first-order valence-corrected chi connectivity index (χ1v) is 11.8. The first-order chi connectivity index (χ1) is 15.1. The van der Waals surface area contributed by atoms with Crippen molar-refractivity contribution in [1.29, 1.82) is 0 Å². The minimum absolute atomic E-state index is 0.0684. The molecule has 0 radical (unpaired) electrons. The van der Waals surface area contributed by atoms with E-state index in [1.165, 1.54) is 22.6 Å². The number of fused-ring (bicyclic) bond motifs is 2. The summed E-state index contributed by atoms with van der Waals surface area (Å²) in [5, 5.41) is 4.89. The van der Waals surface area contributed by atoms with Crippen molar-refractivity contribution in [2.75, 3.05) is 6.54 Å². The van der Waals surface area contributed by atoms with E-state index in [-0.39, 0.29) is 18.2 Å². The molecule has 8 heteroatoms. The highest BCUT2D eigenvalue weighted by Gasteiger charge is 2.35. The molecule has 1 aliphatic carbocycles. The summed E-state index contributed by atoms with van der Waals surface area (Å²) in [5.41, 5.74) is 1.96. The fourth-order valence-electron chi connectivity index (χ4n) is 4.57. The van der Waals surface area contributed by atoms with Crippen LogP contribution in [0.15, 0.2) is 23.6 Å². The Kier molecular flexibility index (Phi) is 6.25. The maximum Gasteiger partial charge on any atom is 0.407 e. The van der Waals surface area contributed by atoms with E-state index in [1.807, 2.05) is 10.3 Å². The number of hydrogen-bond acceptors (Lipinski definition) is 4. The Morgan fingerprint density at radius 3 is 2.72 bits per heavy atom. The van der Waals surface area contributed by atoms with Crippen LogP contribution in [0.3, 0.4) is 0 Å². The monoisotopic (exact) mass is 462 g/mol. The number of alkyl carbamates (subject to hydrolysis) is 1. The SMILES string of the molecule is CC(C)(C)OC(=O)NC(CC(=O)N1CCc2ccsc2C1)C1CCc2cc(F)c(F)cc21. The molecule has 0 saturated heterocycles. The molecule has 1 aromatic heterocycles. The average molecular weight is 463 g/mol. The van der Waals surface area contributed by atoms with Gasteiger partial charge >= 0.3 is 6.09 Å². The molecule has 2 unspecified atom stereocenters. The Morgan fingerprint density at radius 2 is 1.97 bits per heavy atom. The lowest BCUT2D eigenvalue weighted by Crippen LogP contribution is -2.46. The summed E-state index contributed by atoms with van der Waals surface area (Å²) < 4.78 is 33.1. The Balaban J connectivity index is 1.54. The summed E-state index contributed by atoms with van der Waals surface area (Å²) in [4.78, 5) is 28.8. The van der Waals surface area contributed by atoms with Crippen LogP contribution in [-0.4, -0.2) is 35.1 Å². The predicted octanol–water partition coefficient (Wildman–Crippen LogP) is 4.92. The van der Waals surface area contributed by atoms with Crippen LogP contribution < -0.4 is 5.32 Å². The van der Waals surface area contributed by atoms with Gasteiger partial charge in [0.05, 0.1) is 6.54 Å². The van der Waals surface area contributed by atoms with Gasteiger partial charge < -0.3 is 15.0 Å². The second kappa shape index (κ2) is 8.81. The number of carbonyl (C=O) groups excluding carboxylic acids is 2. The van der Waals surface area contributed by atoms with Gasteiger partial charge in [0.1, 0.15) is 5.60 Å². The smallest absolute Gasteiger partial charge is 0.407 e. The molecule has 2 atom stereocenters. The summed E-state index contributed by atoms with van der Waals surface area (Å²) in [6, 6.07) is 3.95. The summed E-state index contributed by atoms with van der Waals surface area (Å²) in [6.45, 7) is 6.49. The molecule has 0 fully saturated rings. The Bertz CT molecular complexity index is 1030. The minimum atomic E-state index is -0.917. The number of ether oxygens (including phenoxy) is 1. The number of hydrogen-bond donors (Lipinski definition) is 1. The molecule has 172 valence electrons. The fourth-order valence-corrected chi connectivity index (χ4v) is 5.52. The third-order valence-corrected chi connectivity index (χ3v) is 7.01. The third kappa shape index (κ3) is 4.95. The van der Waals surface area contributed by atoms with Gasteiger partial charge in [0.15, 0.2) is 11.6 Å². The average Bonchev–Trinajstić information content (AvgIpc) is 3.32. The van der Waals surface area contributed by atoms with Crippen LogP contribution in [0.1, 0.15) is 61.1 Å². The van der Waals surface area contributed by atoms with Gasteiger partial charge in [-0.15, -0.1) is 11.3 Å². The number of aryl methyl sites for hydroxylation is 1. The molecule has 0 bridgehead atoms. The number of benzene rings is 1. The first kappa shape index (κ1) is 22.7. The van der Waals surface area contributed by atoms with E-state index < -0.39 is 29.4 Å². The number of carbonyl (C=O) groups is 2. The van der Waals surface area contributed by atoms with Crippen molar-refractivity contribution in [3.63, 3.8) is 0 Å². The van der Waals surface area contributed by atoms with Crippen LogP contribution in [0.2, 0.25) is 0 Å². The zero-order valence-electron chi connectivity index (χ0n) is 18.5. The largest absolute Gasteiger partial charge is 0.444 e. The van der Waals surface area contributed by atoms with Gasteiger partial charge in [0.2, 0.25) is 5.91 Å². The number of thiophene rings is 1. The van der Waals surface area contributed by atoms with Gasteiger partial charge in [-0.25, -0.2) is 13.6 Å². The molecule has 5 nitrogen and oxygen atoms in total. The second-order valence-electron chi connectivity index (χ2n) is 9.50. The molecule has 4 rings (SSSR count). The number of rotatable bonds is 4. The number of halogens is 2. The van der Waals surface area contributed by atoms with Crippen LogP contribution in [0.4, 0.5) is 13.6 Å². The molecule has 1 aliphatic heterocycles. The van der Waals surface area contributed by atoms with Crippen molar-refractivity contribution in [3.05, 3.63) is 56.8 Å². The Morgan fingerprint density at radius 1 is 1.22 bits per heavy atom. The van der Waals surface area contributed by atoms with Crippen LogP contribution in [0.25, 0.3) is 0 Å². The highest BCUT2D eigenvalue weighted by atomic mass is 32.1. The number of nitrogens with zero attached hydrogens (tertiary/aromatic N) is 1. The van der Waals surface area contributed by atoms with E-state index in [4.69, 9.17) is 4.74 Å². The topological polar surface area (TPSA) is 58.6 Å². The molecule has 2 aromatic rings. The summed E-state index contributed by atoms with van der Waals surface area (Å²) >= 11 is 1.64. The standard InChI is InChI=1S/C24H28F2N2O3S/c1-24(2,3)31-23(30)27-20(16-5-4-15-10-18(25)19(26)11-17(15)16)12-22(29)28-8-6-14-7-9-32-21(14)13-28/h7,9-11,16,20H,4-6,8,12-13H2,1-3H3,(H,27,30). The lowest BCUT2D eigenvalue weighted by atomic mass is 9.90. The Labute approximate surface area is 190 Å². The molecular formula is C24H28F2N2O3S. The van der Waals surface area contributed by atoms with Crippen LogP contribution in [-0.2, 0) is 28.9 Å². The van der Waals surface area contributed by atoms with Gasteiger partial charge in [-0.2, -0.15) is 0 Å². The second-order valence-corrected chi connectivity index (χ2v) is 10.5. The van der Waals surface area contributed by atoms with Gasteiger partial charge in [-0.3, -0.25) is 4.79 Å². The molecule has 2 heterocycles. The van der Waals surface area contributed by atoms with E-state index >= 15 is 0 Å². The highest BCUT2D eigenvalue weighted by Crippen LogP contribution is 2.38. The van der Waals surface area contributed by atoms with Crippen molar-refractivity contribution < 1.29 is 23.1 Å². The molecule has 0 spiro atoms. The lowest BCUT2D eigenvalue weighted by molar-refractivity contribution is -0.132. The van der Waals surface area contributed by atoms with Crippen molar-refractivity contribution in [2.45, 2.75) is 70.6 Å². The van der Waals surface area contributed by atoms with E-state index in [0.29, 0.717) is 31.5 Å². The molecule has 32 heavy (non-hydrogen) atoms. The molecule has 1 aromatic carbocycles. The normalized spacial score (nSPS) is 18.7. The zero-order valence-corrected chi connectivity index (χ0v) is 19.4. The van der Waals surface area contributed by atoms with Crippen molar-refractivity contribution >= 4 is 23.3 Å². The van der Waals surface area contributed by atoms with Crippen LogP contribution in [0, 0.1) is 11.6 Å². The third-order valence-electron chi connectivity index (χ3n) is 6.06. The van der Waals surface area contributed by atoms with Crippen molar-refractivity contribution in [3.8, 4) is 0 Å². The quantitative estimate of drug-likeness (QED) is 0.701. The maximum atomic E-state index is 14.0. The van der Waals surface area contributed by atoms with Gasteiger partial charge in [0, 0.05) is 29.8 Å². The number of nitrogens with one attached hydrogen (secondary N) is 1. The lowest BCUT2D eigenvalue weighted by Gasteiger charge is -2.31. The van der Waals surface area contributed by atoms with Gasteiger partial charge in [0.25, 0.3) is 0 Å². The van der Waals surface area contributed by atoms with E-state index in [0.717, 1.165) is 12.0 Å². The predicted molar refractivity (Wildman–Crippen MR) is 119 cm³/mol. The summed E-state index contributed by atoms with van der Waals surface area (Å²) in [5.74, 6) is -2.16. The fraction of sp³-hybridized carbons (Fsp3) is 0.500. The maximum absolute atomic E-state index is 14.0. The van der Waals surface area contributed by atoms with E-state index in [9.17, 15) is 18.4 Å². The van der Waals surface area contributed by atoms with Crippen molar-refractivity contribution in [2.24, 2.45) is 0 Å². The highest BCUT2D eigenvalue weighted by molar-refractivity contribution is 7.10. The molecule has 2 amide bonds. The minimum Gasteiger partial charge on any atom is -0.444 e. The Hall–Kier alpha value is -2.48. The summed E-state index contributed by atoms with van der Waals surface area (Å²) in [6.07, 6.45) is 1.43. The zero-order chi connectivity index (χ0) is 23.0. The van der Waals surface area contributed by atoms with Gasteiger partial charge in [-0.1, -0.05) is 0 Å². The summed E-state index contributed by atoms with van der Waals surface area (Å²) in [7, 11) is 0. The molecule has 0 saturated carbocycles. The van der Waals surface area contributed by atoms with Crippen molar-refractivity contribution in [1.82, 2.24) is 10.2 Å². The molecular weight excluding hydrogens is 434 g/mol. The first-order valence-electron chi connectivity index (χ1n) is 10.9.